The van der Waals surface area contributed by atoms with Gasteiger partial charge in [-0.1, -0.05) is 67.6 Å². The number of rotatable bonds is 3. The Kier molecular flexibility index (Phi) is 3.63. The lowest BCUT2D eigenvalue weighted by molar-refractivity contribution is 0.343. The van der Waals surface area contributed by atoms with Crippen molar-refractivity contribution in [3.63, 3.8) is 0 Å². The molecule has 0 aromatic heterocycles. The first-order valence-corrected chi connectivity index (χ1v) is 8.26. The second-order valence-electron chi connectivity index (χ2n) is 6.05. The van der Waals surface area contributed by atoms with Gasteiger partial charge in [-0.2, -0.15) is 0 Å². The van der Waals surface area contributed by atoms with E-state index in [1.807, 2.05) is 0 Å². The van der Waals surface area contributed by atoms with Crippen molar-refractivity contribution in [2.45, 2.75) is 19.8 Å². The third-order valence-corrected chi connectivity index (χ3v) is 4.64. The molecule has 3 aromatic rings. The van der Waals surface area contributed by atoms with Crippen LogP contribution in [-0.4, -0.2) is 6.61 Å². The summed E-state index contributed by atoms with van der Waals surface area (Å²) in [5, 5.41) is 2.58. The van der Waals surface area contributed by atoms with Crippen LogP contribution in [-0.2, 0) is 6.42 Å². The van der Waals surface area contributed by atoms with Crippen LogP contribution >= 0.6 is 0 Å². The first-order chi connectivity index (χ1) is 11.4. The van der Waals surface area contributed by atoms with Crippen LogP contribution in [0.3, 0.4) is 0 Å². The van der Waals surface area contributed by atoms with E-state index < -0.39 is 0 Å². The van der Waals surface area contributed by atoms with Gasteiger partial charge in [0.2, 0.25) is 0 Å². The van der Waals surface area contributed by atoms with Crippen LogP contribution in [0.15, 0.2) is 72.3 Å². The zero-order chi connectivity index (χ0) is 15.6. The molecule has 0 spiro atoms. The molecule has 3 aromatic carbocycles. The maximum absolute atomic E-state index is 6.09. The summed E-state index contributed by atoms with van der Waals surface area (Å²) in [5.41, 5.74) is 5.50. The molecule has 0 amide bonds. The van der Waals surface area contributed by atoms with Crippen LogP contribution in [0.1, 0.15) is 24.5 Å². The van der Waals surface area contributed by atoms with Crippen LogP contribution in [0, 0.1) is 0 Å². The highest BCUT2D eigenvalue weighted by molar-refractivity contribution is 5.97. The minimum absolute atomic E-state index is 0.698. The standard InChI is InChI=1S/C22H20O/c1-2-19-18(14-16-8-4-3-5-9-16)15-23-21-13-12-17-10-6-7-11-20(17)22(19)21/h3-13H,2,14-15H2,1H3. The maximum atomic E-state index is 6.09. The van der Waals surface area contributed by atoms with E-state index in [1.54, 1.807) is 0 Å². The van der Waals surface area contributed by atoms with E-state index >= 15 is 0 Å². The molecule has 0 saturated heterocycles. The number of benzene rings is 3. The molecule has 23 heavy (non-hydrogen) atoms. The van der Waals surface area contributed by atoms with Crippen molar-refractivity contribution in [2.24, 2.45) is 0 Å². The van der Waals surface area contributed by atoms with Crippen molar-refractivity contribution in [2.75, 3.05) is 6.61 Å². The van der Waals surface area contributed by atoms with Gasteiger partial charge in [-0.25, -0.2) is 0 Å². The third kappa shape index (κ3) is 2.53. The number of ether oxygens (including phenoxy) is 1. The van der Waals surface area contributed by atoms with Gasteiger partial charge in [0.05, 0.1) is 0 Å². The second-order valence-corrected chi connectivity index (χ2v) is 6.05. The van der Waals surface area contributed by atoms with Gasteiger partial charge in [0.1, 0.15) is 12.4 Å². The lowest BCUT2D eigenvalue weighted by Crippen LogP contribution is -2.13. The summed E-state index contributed by atoms with van der Waals surface area (Å²) < 4.78 is 6.09. The molecular formula is C22H20O. The van der Waals surface area contributed by atoms with E-state index in [0.717, 1.165) is 18.6 Å². The molecule has 0 unspecified atom stereocenters. The second kappa shape index (κ2) is 5.92. The molecule has 0 atom stereocenters. The Morgan fingerprint density at radius 1 is 0.870 bits per heavy atom. The Morgan fingerprint density at radius 3 is 2.48 bits per heavy atom. The monoisotopic (exact) mass is 300 g/mol. The van der Waals surface area contributed by atoms with Crippen LogP contribution < -0.4 is 4.74 Å². The van der Waals surface area contributed by atoms with Gasteiger partial charge in [-0.3, -0.25) is 0 Å². The van der Waals surface area contributed by atoms with Crippen molar-refractivity contribution in [1.82, 2.24) is 0 Å². The molecule has 0 bridgehead atoms. The molecule has 1 nitrogen and oxygen atoms in total. The highest BCUT2D eigenvalue weighted by Crippen LogP contribution is 2.40. The third-order valence-electron chi connectivity index (χ3n) is 4.64. The first kappa shape index (κ1) is 14.1. The lowest BCUT2D eigenvalue weighted by Gasteiger charge is -2.25. The molecule has 0 fully saturated rings. The molecule has 114 valence electrons. The molecule has 4 rings (SSSR count). The highest BCUT2D eigenvalue weighted by Gasteiger charge is 2.21. The summed E-state index contributed by atoms with van der Waals surface area (Å²) in [4.78, 5) is 0. The van der Waals surface area contributed by atoms with Crippen LogP contribution in [0.5, 0.6) is 5.75 Å². The van der Waals surface area contributed by atoms with Crippen LogP contribution in [0.25, 0.3) is 16.3 Å². The average Bonchev–Trinajstić information content (AvgIpc) is 2.62. The Balaban J connectivity index is 1.87. The van der Waals surface area contributed by atoms with E-state index in [9.17, 15) is 0 Å². The molecule has 0 saturated carbocycles. The molecule has 0 N–H and O–H groups in total. The van der Waals surface area contributed by atoms with Crippen LogP contribution in [0.4, 0.5) is 0 Å². The van der Waals surface area contributed by atoms with Gasteiger partial charge in [0, 0.05) is 5.56 Å². The van der Waals surface area contributed by atoms with Gasteiger partial charge < -0.3 is 4.74 Å². The number of fused-ring (bicyclic) bond motifs is 3. The fourth-order valence-electron chi connectivity index (χ4n) is 3.54. The summed E-state index contributed by atoms with van der Waals surface area (Å²) in [5.74, 6) is 1.03. The SMILES string of the molecule is CCC1=C(Cc2ccccc2)COc2ccc3ccccc3c21. The maximum Gasteiger partial charge on any atom is 0.127 e. The molecule has 1 aliphatic rings. The van der Waals surface area contributed by atoms with E-state index in [0.29, 0.717) is 6.61 Å². The largest absolute Gasteiger partial charge is 0.489 e. The fraction of sp³-hybridized carbons (Fsp3) is 0.182. The predicted octanol–water partition coefficient (Wildman–Crippen LogP) is 5.64. The number of hydrogen-bond acceptors (Lipinski definition) is 1. The van der Waals surface area contributed by atoms with E-state index in [2.05, 4.69) is 73.7 Å². The highest BCUT2D eigenvalue weighted by atomic mass is 16.5. The summed E-state index contributed by atoms with van der Waals surface area (Å²) in [6.45, 7) is 2.95. The summed E-state index contributed by atoms with van der Waals surface area (Å²) in [7, 11) is 0. The average molecular weight is 300 g/mol. The predicted molar refractivity (Wildman–Crippen MR) is 96.8 cm³/mol. The molecular weight excluding hydrogens is 280 g/mol. The van der Waals surface area contributed by atoms with Crippen molar-refractivity contribution < 1.29 is 4.74 Å². The van der Waals surface area contributed by atoms with Gasteiger partial charge in [0.15, 0.2) is 0 Å². The summed E-state index contributed by atoms with van der Waals surface area (Å²) in [6, 6.07) is 23.5. The molecule has 0 aliphatic carbocycles. The zero-order valence-electron chi connectivity index (χ0n) is 13.4. The number of hydrogen-bond donors (Lipinski definition) is 0. The van der Waals surface area contributed by atoms with Crippen molar-refractivity contribution >= 4 is 16.3 Å². The molecule has 1 heteroatoms. The van der Waals surface area contributed by atoms with Crippen LogP contribution in [0.2, 0.25) is 0 Å². The van der Waals surface area contributed by atoms with E-state index in [1.165, 1.54) is 33.0 Å². The van der Waals surface area contributed by atoms with Crippen molar-refractivity contribution in [3.8, 4) is 5.75 Å². The smallest absolute Gasteiger partial charge is 0.127 e. The van der Waals surface area contributed by atoms with Gasteiger partial charge in [-0.05, 0) is 46.4 Å². The Morgan fingerprint density at radius 2 is 1.65 bits per heavy atom. The van der Waals surface area contributed by atoms with Crippen molar-refractivity contribution in [3.05, 3.63) is 83.4 Å². The first-order valence-electron chi connectivity index (χ1n) is 8.26. The minimum atomic E-state index is 0.698. The van der Waals surface area contributed by atoms with E-state index in [4.69, 9.17) is 4.74 Å². The normalized spacial score (nSPS) is 13.8. The molecule has 1 aliphatic heterocycles. The summed E-state index contributed by atoms with van der Waals surface area (Å²) in [6.07, 6.45) is 2.00. The Bertz CT molecular complexity index is 875. The van der Waals surface area contributed by atoms with Crippen molar-refractivity contribution in [1.29, 1.82) is 0 Å². The summed E-state index contributed by atoms with van der Waals surface area (Å²) >= 11 is 0. The van der Waals surface area contributed by atoms with E-state index in [-0.39, 0.29) is 0 Å². The van der Waals surface area contributed by atoms with Gasteiger partial charge >= 0.3 is 0 Å². The fourth-order valence-corrected chi connectivity index (χ4v) is 3.54. The van der Waals surface area contributed by atoms with Gasteiger partial charge in [0.25, 0.3) is 0 Å². The topological polar surface area (TPSA) is 9.23 Å². The van der Waals surface area contributed by atoms with Gasteiger partial charge in [-0.15, -0.1) is 0 Å². The molecule has 0 radical (unpaired) electrons. The minimum Gasteiger partial charge on any atom is -0.489 e. The quantitative estimate of drug-likeness (QED) is 0.608. The Hall–Kier alpha value is -2.54. The lowest BCUT2D eigenvalue weighted by atomic mass is 9.88. The number of allylic oxidation sites excluding steroid dienone is 1. The Labute approximate surface area is 137 Å². The zero-order valence-corrected chi connectivity index (χ0v) is 13.4. The molecule has 1 heterocycles.